The number of carbonyl (C=O) groups is 2. The van der Waals surface area contributed by atoms with Gasteiger partial charge >= 0.3 is 0 Å². The Morgan fingerprint density at radius 2 is 1.97 bits per heavy atom. The molecule has 2 bridgehead atoms. The van der Waals surface area contributed by atoms with Gasteiger partial charge in [0.1, 0.15) is 6.04 Å². The van der Waals surface area contributed by atoms with E-state index >= 15 is 0 Å². The lowest BCUT2D eigenvalue weighted by atomic mass is 9.91. The molecule has 2 aliphatic heterocycles. The van der Waals surface area contributed by atoms with Crippen LogP contribution in [0.5, 0.6) is 0 Å². The molecule has 2 amide bonds. The Hall–Kier alpha value is -1.83. The smallest absolute Gasteiger partial charge is 0.244 e. The molecule has 2 saturated heterocycles. The number of hydrogen-bond acceptors (Lipinski definition) is 5. The summed E-state index contributed by atoms with van der Waals surface area (Å²) in [6.07, 6.45) is 7.14. The van der Waals surface area contributed by atoms with E-state index in [2.05, 4.69) is 11.2 Å². The third-order valence-corrected chi connectivity index (χ3v) is 8.27. The zero-order valence-electron chi connectivity index (χ0n) is 17.8. The number of carbonyl (C=O) groups excluding carboxylic acids is 2. The number of benzene rings is 1. The summed E-state index contributed by atoms with van der Waals surface area (Å²) in [4.78, 5) is 26.1. The first-order valence-electron chi connectivity index (χ1n) is 10.1. The van der Waals surface area contributed by atoms with Gasteiger partial charge in [0.2, 0.25) is 21.8 Å². The lowest BCUT2D eigenvalue weighted by molar-refractivity contribution is -0.134. The molecular weight excluding hydrogens is 477 g/mol. The number of anilines is 1. The Morgan fingerprint density at radius 1 is 1.31 bits per heavy atom. The fraction of sp³-hybridized carbons (Fsp3) is 0.524. The number of fused-ring (bicyclic) bond motifs is 2. The summed E-state index contributed by atoms with van der Waals surface area (Å²) in [5.74, 6) is 1.53. The monoisotopic (exact) mass is 501 g/mol. The number of terminal acetylenes is 1. The fourth-order valence-electron chi connectivity index (χ4n) is 4.48. The minimum absolute atomic E-state index is 0.0139. The number of hydrogen-bond donors (Lipinski definition) is 1. The van der Waals surface area contributed by atoms with Crippen molar-refractivity contribution in [2.45, 2.75) is 43.2 Å². The van der Waals surface area contributed by atoms with Gasteiger partial charge in [-0.1, -0.05) is 29.1 Å². The molecule has 0 saturated carbocycles. The molecule has 0 radical (unpaired) electrons. The lowest BCUT2D eigenvalue weighted by Crippen LogP contribution is -2.55. The Morgan fingerprint density at radius 3 is 2.53 bits per heavy atom. The van der Waals surface area contributed by atoms with Gasteiger partial charge in [-0.25, -0.2) is 8.42 Å². The first-order valence-corrected chi connectivity index (χ1v) is 12.3. The van der Waals surface area contributed by atoms with E-state index in [0.29, 0.717) is 25.8 Å². The molecule has 0 spiro atoms. The van der Waals surface area contributed by atoms with Crippen molar-refractivity contribution in [3.63, 3.8) is 0 Å². The molecule has 2 aliphatic rings. The summed E-state index contributed by atoms with van der Waals surface area (Å²) in [7, 11) is -2.62. The van der Waals surface area contributed by atoms with Gasteiger partial charge in [0.05, 0.1) is 33.8 Å². The first-order chi connectivity index (χ1) is 15.1. The van der Waals surface area contributed by atoms with Crippen LogP contribution in [0.2, 0.25) is 10.0 Å². The van der Waals surface area contributed by atoms with E-state index in [0.717, 1.165) is 0 Å². The minimum Gasteiger partial charge on any atom is -0.384 e. The normalized spacial score (nSPS) is 24.0. The molecule has 11 heteroatoms. The number of amides is 2. The number of halogens is 2. The van der Waals surface area contributed by atoms with E-state index in [4.69, 9.17) is 34.4 Å². The van der Waals surface area contributed by atoms with E-state index in [-0.39, 0.29) is 45.6 Å². The van der Waals surface area contributed by atoms with Crippen LogP contribution >= 0.6 is 23.2 Å². The van der Waals surface area contributed by atoms with Crippen molar-refractivity contribution in [2.24, 2.45) is 5.92 Å². The molecule has 1 aromatic carbocycles. The second-order valence-electron chi connectivity index (χ2n) is 7.93. The van der Waals surface area contributed by atoms with E-state index in [1.807, 2.05) is 0 Å². The first kappa shape index (κ1) is 24.8. The highest BCUT2D eigenvalue weighted by atomic mass is 35.5. The van der Waals surface area contributed by atoms with Crippen molar-refractivity contribution in [1.82, 2.24) is 9.21 Å². The Kier molecular flexibility index (Phi) is 7.73. The van der Waals surface area contributed by atoms with E-state index in [1.54, 1.807) is 0 Å². The number of piperidine rings is 1. The molecule has 2 fully saturated rings. The van der Waals surface area contributed by atoms with E-state index < -0.39 is 28.0 Å². The maximum atomic E-state index is 13.8. The zero-order valence-corrected chi connectivity index (χ0v) is 20.1. The van der Waals surface area contributed by atoms with Gasteiger partial charge in [0, 0.05) is 32.5 Å². The van der Waals surface area contributed by atoms with Crippen LogP contribution < -0.4 is 5.32 Å². The van der Waals surface area contributed by atoms with Crippen molar-refractivity contribution < 1.29 is 22.7 Å². The summed E-state index contributed by atoms with van der Waals surface area (Å²) in [6, 6.07) is 1.16. The van der Waals surface area contributed by atoms with Crippen molar-refractivity contribution in [2.75, 3.05) is 32.1 Å². The summed E-state index contributed by atoms with van der Waals surface area (Å²) in [6.45, 7) is 1.98. The molecular formula is C21H25Cl2N3O5S. The second-order valence-corrected chi connectivity index (χ2v) is 10.6. The summed E-state index contributed by atoms with van der Waals surface area (Å²) >= 11 is 12.5. The number of nitrogens with zero attached hydrogens (tertiary/aromatic N) is 2. The van der Waals surface area contributed by atoms with Gasteiger partial charge in [-0.2, -0.15) is 4.31 Å². The fourth-order valence-corrected chi connectivity index (χ4v) is 7.13. The average Bonchev–Trinajstić information content (AvgIpc) is 2.79. The molecule has 32 heavy (non-hydrogen) atoms. The lowest BCUT2D eigenvalue weighted by Gasteiger charge is -2.40. The maximum absolute atomic E-state index is 13.8. The maximum Gasteiger partial charge on any atom is 0.244 e. The zero-order chi connectivity index (χ0) is 23.6. The highest BCUT2D eigenvalue weighted by Gasteiger charge is 2.50. The Bertz CT molecular complexity index is 1030. The third-order valence-electron chi connectivity index (χ3n) is 5.76. The predicted molar refractivity (Wildman–Crippen MR) is 122 cm³/mol. The largest absolute Gasteiger partial charge is 0.384 e. The second kappa shape index (κ2) is 9.98. The van der Waals surface area contributed by atoms with Gasteiger partial charge < -0.3 is 15.0 Å². The van der Waals surface area contributed by atoms with Crippen LogP contribution in [0, 0.1) is 18.3 Å². The van der Waals surface area contributed by atoms with Crippen LogP contribution in [0.3, 0.4) is 0 Å². The van der Waals surface area contributed by atoms with Gasteiger partial charge in [0.25, 0.3) is 0 Å². The SMILES string of the molecule is C#CCN1CC(COC)C2CCCC(C1=O)N2S(=O)(=O)c1cc(Cl)c(NC(C)=O)c(Cl)c1. The minimum atomic E-state index is -4.16. The van der Waals surface area contributed by atoms with Gasteiger partial charge in [0.15, 0.2) is 0 Å². The molecule has 8 nitrogen and oxygen atoms in total. The molecule has 3 rings (SSSR count). The van der Waals surface area contributed by atoms with Crippen LogP contribution in [-0.2, 0) is 24.3 Å². The molecule has 1 N–H and O–H groups in total. The molecule has 1 aromatic rings. The molecule has 174 valence electrons. The van der Waals surface area contributed by atoms with Crippen LogP contribution in [0.15, 0.2) is 17.0 Å². The Labute approximate surface area is 198 Å². The summed E-state index contributed by atoms with van der Waals surface area (Å²) in [5.41, 5.74) is 0.129. The topological polar surface area (TPSA) is 96.0 Å². The quantitative estimate of drug-likeness (QED) is 0.604. The van der Waals surface area contributed by atoms with Crippen molar-refractivity contribution in [1.29, 1.82) is 0 Å². The number of rotatable bonds is 6. The molecule has 2 heterocycles. The predicted octanol–water partition coefficient (Wildman–Crippen LogP) is 2.60. The average molecular weight is 502 g/mol. The van der Waals surface area contributed by atoms with Gasteiger partial charge in [-0.05, 0) is 31.4 Å². The highest BCUT2D eigenvalue weighted by molar-refractivity contribution is 7.89. The highest BCUT2D eigenvalue weighted by Crippen LogP contribution is 2.40. The number of methoxy groups -OCH3 is 1. The van der Waals surface area contributed by atoms with Gasteiger partial charge in [-0.15, -0.1) is 6.42 Å². The number of nitrogens with one attached hydrogen (secondary N) is 1. The van der Waals surface area contributed by atoms with Crippen LogP contribution in [0.25, 0.3) is 0 Å². The molecule has 0 aromatic heterocycles. The van der Waals surface area contributed by atoms with Crippen LogP contribution in [0.4, 0.5) is 5.69 Å². The summed E-state index contributed by atoms with van der Waals surface area (Å²) in [5, 5.41) is 2.46. The van der Waals surface area contributed by atoms with E-state index in [1.165, 1.54) is 35.4 Å². The number of sulfonamides is 1. The molecule has 3 unspecified atom stereocenters. The standard InChI is InChI=1S/C21H25Cl2N3O5S/c1-4-8-25-11-14(12-31-3)18-6-5-7-19(21(25)28)26(18)32(29,30)15-9-16(22)20(17(23)10-15)24-13(2)27/h1,9-10,14,18-19H,5-8,11-12H2,2-3H3,(H,24,27). The summed E-state index contributed by atoms with van der Waals surface area (Å²) < 4.78 is 34.3. The van der Waals surface area contributed by atoms with Crippen LogP contribution in [0.1, 0.15) is 26.2 Å². The van der Waals surface area contributed by atoms with Crippen molar-refractivity contribution in [3.8, 4) is 12.3 Å². The Balaban J connectivity index is 2.10. The molecule has 3 atom stereocenters. The van der Waals surface area contributed by atoms with Crippen molar-refractivity contribution >= 4 is 50.7 Å². The van der Waals surface area contributed by atoms with Crippen molar-refractivity contribution in [3.05, 3.63) is 22.2 Å². The third kappa shape index (κ3) is 4.75. The van der Waals surface area contributed by atoms with E-state index in [9.17, 15) is 18.0 Å². The molecule has 0 aliphatic carbocycles. The van der Waals surface area contributed by atoms with Crippen LogP contribution in [-0.4, -0.2) is 68.3 Å². The number of ether oxygens (including phenoxy) is 1. The van der Waals surface area contributed by atoms with Gasteiger partial charge in [-0.3, -0.25) is 9.59 Å².